The van der Waals surface area contributed by atoms with Gasteiger partial charge in [-0.2, -0.15) is 0 Å². The van der Waals surface area contributed by atoms with Gasteiger partial charge in [-0.1, -0.05) is 27.7 Å². The van der Waals surface area contributed by atoms with Crippen molar-refractivity contribution in [3.63, 3.8) is 0 Å². The van der Waals surface area contributed by atoms with Crippen molar-refractivity contribution in [1.29, 1.82) is 0 Å². The van der Waals surface area contributed by atoms with Crippen LogP contribution in [0.25, 0.3) is 0 Å². The lowest BCUT2D eigenvalue weighted by atomic mass is 9.78. The second kappa shape index (κ2) is 10.7. The monoisotopic (exact) mass is 431 g/mol. The van der Waals surface area contributed by atoms with Gasteiger partial charge in [0.1, 0.15) is 0 Å². The van der Waals surface area contributed by atoms with Crippen LogP contribution in [0.5, 0.6) is 0 Å². The number of hydrogen-bond donors (Lipinski definition) is 4. The molecule has 0 amide bonds. The zero-order valence-electron chi connectivity index (χ0n) is 20.1. The molecule has 1 heterocycles. The summed E-state index contributed by atoms with van der Waals surface area (Å²) in [7, 11) is 1.88. The van der Waals surface area contributed by atoms with E-state index in [0.29, 0.717) is 25.8 Å². The molecule has 4 N–H and O–H groups in total. The summed E-state index contributed by atoms with van der Waals surface area (Å²) in [6, 6.07) is -0.354. The van der Waals surface area contributed by atoms with Gasteiger partial charge in [-0.15, -0.1) is 0 Å². The Morgan fingerprint density at radius 2 is 1.67 bits per heavy atom. The van der Waals surface area contributed by atoms with E-state index in [2.05, 4.69) is 0 Å². The number of cyclic esters (lactones) is 1. The molecule has 1 saturated heterocycles. The van der Waals surface area contributed by atoms with Gasteiger partial charge in [0, 0.05) is 18.5 Å². The molecule has 0 aromatic heterocycles. The Morgan fingerprint density at radius 3 is 2.20 bits per heavy atom. The molecule has 178 valence electrons. The molecule has 7 nitrogen and oxygen atoms in total. The number of likely N-dealkylation sites (N-methyl/N-ethyl adjacent to an activating group) is 1. The quantitative estimate of drug-likeness (QED) is 0.469. The predicted molar refractivity (Wildman–Crippen MR) is 117 cm³/mol. The molecule has 1 aliphatic rings. The molecular formula is C23H45NO6. The molecule has 0 bridgehead atoms. The van der Waals surface area contributed by atoms with Gasteiger partial charge < -0.3 is 30.1 Å². The van der Waals surface area contributed by atoms with E-state index < -0.39 is 41.2 Å². The third-order valence-corrected chi connectivity index (χ3v) is 7.16. The predicted octanol–water partition coefficient (Wildman–Crippen LogP) is 1.80. The fourth-order valence-corrected chi connectivity index (χ4v) is 4.94. The molecule has 0 aromatic carbocycles. The van der Waals surface area contributed by atoms with Crippen molar-refractivity contribution in [2.45, 2.75) is 97.2 Å². The van der Waals surface area contributed by atoms with Crippen molar-refractivity contribution in [3.8, 4) is 0 Å². The average Bonchev–Trinajstić information content (AvgIpc) is 2.64. The van der Waals surface area contributed by atoms with E-state index in [1.54, 1.807) is 20.8 Å². The maximum atomic E-state index is 12.5. The fraction of sp³-hybridized carbons (Fsp3) is 0.957. The molecule has 0 aromatic rings. The van der Waals surface area contributed by atoms with Gasteiger partial charge in [-0.25, -0.2) is 0 Å². The van der Waals surface area contributed by atoms with E-state index in [1.165, 1.54) is 0 Å². The van der Waals surface area contributed by atoms with E-state index in [1.807, 2.05) is 39.6 Å². The fourth-order valence-electron chi connectivity index (χ4n) is 4.94. The highest BCUT2D eigenvalue weighted by Gasteiger charge is 2.43. The minimum absolute atomic E-state index is 0.0191. The lowest BCUT2D eigenvalue weighted by Gasteiger charge is -2.43. The smallest absolute Gasteiger partial charge is 0.308 e. The first-order chi connectivity index (χ1) is 13.6. The largest absolute Gasteiger partial charge is 0.465 e. The lowest BCUT2D eigenvalue weighted by molar-refractivity contribution is -0.165. The van der Waals surface area contributed by atoms with E-state index in [-0.39, 0.29) is 24.5 Å². The van der Waals surface area contributed by atoms with Gasteiger partial charge in [-0.3, -0.25) is 4.79 Å². The van der Waals surface area contributed by atoms with Gasteiger partial charge in [0.25, 0.3) is 0 Å². The van der Waals surface area contributed by atoms with Gasteiger partial charge in [0.05, 0.1) is 35.9 Å². The Bertz CT molecular complexity index is 552. The standard InChI is InChI=1S/C23H45NO6/c1-9-18-13-30-21(27)16(4)10-15(3)19(25)22(6,28)11-14(2)12-24(8)17(5)20(26)23(18,7)29/h14-20,25-26,28-29H,9-13H2,1-8H3/t14-,15+,16-,17-,18+,19-,20-,22-,23-/m1/s1. The number of esters is 1. The molecular weight excluding hydrogens is 386 g/mol. The molecule has 1 fully saturated rings. The van der Waals surface area contributed by atoms with Crippen LogP contribution < -0.4 is 0 Å². The Labute approximate surface area is 182 Å². The summed E-state index contributed by atoms with van der Waals surface area (Å²) in [6.07, 6.45) is -0.706. The first kappa shape index (κ1) is 27.3. The zero-order chi connectivity index (χ0) is 23.4. The maximum Gasteiger partial charge on any atom is 0.308 e. The topological polar surface area (TPSA) is 110 Å². The zero-order valence-corrected chi connectivity index (χ0v) is 20.1. The highest BCUT2D eigenvalue weighted by Crippen LogP contribution is 2.32. The number of aliphatic hydroxyl groups excluding tert-OH is 2. The summed E-state index contributed by atoms with van der Waals surface area (Å²) >= 11 is 0. The summed E-state index contributed by atoms with van der Waals surface area (Å²) in [6.45, 7) is 13.2. The Morgan fingerprint density at radius 1 is 1.10 bits per heavy atom. The van der Waals surface area contributed by atoms with E-state index >= 15 is 0 Å². The number of carbonyl (C=O) groups is 1. The van der Waals surface area contributed by atoms with Gasteiger partial charge in [0.15, 0.2) is 0 Å². The Hall–Kier alpha value is -0.730. The van der Waals surface area contributed by atoms with Crippen molar-refractivity contribution in [2.75, 3.05) is 20.2 Å². The summed E-state index contributed by atoms with van der Waals surface area (Å²) in [5, 5.41) is 43.8. The number of hydrogen-bond acceptors (Lipinski definition) is 7. The normalized spacial score (nSPS) is 46.4. The minimum Gasteiger partial charge on any atom is -0.465 e. The Balaban J connectivity index is 3.20. The number of ether oxygens (including phenoxy) is 1. The van der Waals surface area contributed by atoms with Crippen LogP contribution in [0.2, 0.25) is 0 Å². The van der Waals surface area contributed by atoms with Crippen molar-refractivity contribution >= 4 is 5.97 Å². The molecule has 0 radical (unpaired) electrons. The Kier molecular flexibility index (Phi) is 9.76. The number of aliphatic hydroxyl groups is 4. The molecule has 9 atom stereocenters. The van der Waals surface area contributed by atoms with Gasteiger partial charge in [0.2, 0.25) is 0 Å². The molecule has 0 aliphatic carbocycles. The SMILES string of the molecule is CC[C@H]1COC(=O)[C@H](C)C[C@H](C)[C@@H](O)[C@](C)(O)C[C@@H](C)CN(C)[C@H](C)[C@@H](O)[C@]1(C)O. The number of nitrogens with zero attached hydrogens (tertiary/aromatic N) is 1. The summed E-state index contributed by atoms with van der Waals surface area (Å²) in [5.41, 5.74) is -2.73. The summed E-state index contributed by atoms with van der Waals surface area (Å²) in [5.74, 6) is -1.50. The van der Waals surface area contributed by atoms with Crippen LogP contribution in [0.15, 0.2) is 0 Å². The third kappa shape index (κ3) is 6.63. The van der Waals surface area contributed by atoms with Crippen LogP contribution in [-0.2, 0) is 9.53 Å². The van der Waals surface area contributed by atoms with Gasteiger partial charge >= 0.3 is 5.97 Å². The van der Waals surface area contributed by atoms with Crippen LogP contribution in [0.4, 0.5) is 0 Å². The van der Waals surface area contributed by atoms with Crippen LogP contribution in [0, 0.1) is 23.7 Å². The minimum atomic E-state index is -1.43. The van der Waals surface area contributed by atoms with E-state index in [4.69, 9.17) is 4.74 Å². The molecule has 0 unspecified atom stereocenters. The van der Waals surface area contributed by atoms with Crippen LogP contribution in [0.1, 0.15) is 67.7 Å². The molecule has 1 aliphatic heterocycles. The second-order valence-corrected chi connectivity index (χ2v) is 10.3. The summed E-state index contributed by atoms with van der Waals surface area (Å²) in [4.78, 5) is 14.5. The molecule has 30 heavy (non-hydrogen) atoms. The van der Waals surface area contributed by atoms with Crippen molar-refractivity contribution in [1.82, 2.24) is 4.90 Å². The maximum absolute atomic E-state index is 12.5. The van der Waals surface area contributed by atoms with Crippen LogP contribution in [0.3, 0.4) is 0 Å². The van der Waals surface area contributed by atoms with Crippen LogP contribution >= 0.6 is 0 Å². The van der Waals surface area contributed by atoms with Gasteiger partial charge in [-0.05, 0) is 58.9 Å². The average molecular weight is 432 g/mol. The lowest BCUT2D eigenvalue weighted by Crippen LogP contribution is -2.57. The molecule has 7 heteroatoms. The van der Waals surface area contributed by atoms with Crippen molar-refractivity contribution < 1.29 is 30.0 Å². The first-order valence-electron chi connectivity index (χ1n) is 11.3. The third-order valence-electron chi connectivity index (χ3n) is 7.16. The first-order valence-corrected chi connectivity index (χ1v) is 11.3. The molecule has 1 rings (SSSR count). The highest BCUT2D eigenvalue weighted by atomic mass is 16.5. The number of carbonyl (C=O) groups excluding carboxylic acids is 1. The van der Waals surface area contributed by atoms with E-state index in [9.17, 15) is 25.2 Å². The highest BCUT2D eigenvalue weighted by molar-refractivity contribution is 5.72. The van der Waals surface area contributed by atoms with Crippen molar-refractivity contribution in [3.05, 3.63) is 0 Å². The van der Waals surface area contributed by atoms with Crippen molar-refractivity contribution in [2.24, 2.45) is 23.7 Å². The summed E-state index contributed by atoms with van der Waals surface area (Å²) < 4.78 is 5.49. The second-order valence-electron chi connectivity index (χ2n) is 10.3. The van der Waals surface area contributed by atoms with Crippen LogP contribution in [-0.4, -0.2) is 80.9 Å². The van der Waals surface area contributed by atoms with E-state index in [0.717, 1.165) is 0 Å². The number of rotatable bonds is 1. The molecule has 0 saturated carbocycles. The molecule has 0 spiro atoms.